The van der Waals surface area contributed by atoms with Gasteiger partial charge in [-0.25, -0.2) is 4.98 Å². The van der Waals surface area contributed by atoms with Crippen LogP contribution in [0.5, 0.6) is 0 Å². The van der Waals surface area contributed by atoms with Gasteiger partial charge in [-0.1, -0.05) is 17.3 Å². The molecule has 0 spiro atoms. The SMILES string of the molecule is Cc1cccc(NC(=O)c2cccnc2SCc2c(C)noc2C)c1C. The summed E-state index contributed by atoms with van der Waals surface area (Å²) in [6.45, 7) is 7.84. The van der Waals surface area contributed by atoms with E-state index >= 15 is 0 Å². The Bertz CT molecular complexity index is 930. The largest absolute Gasteiger partial charge is 0.361 e. The average Bonchev–Trinajstić information content (AvgIpc) is 2.95. The van der Waals surface area contributed by atoms with Crippen LogP contribution in [0.3, 0.4) is 0 Å². The van der Waals surface area contributed by atoms with Crippen molar-refractivity contribution in [3.05, 3.63) is 70.2 Å². The van der Waals surface area contributed by atoms with E-state index in [2.05, 4.69) is 15.5 Å². The Labute approximate surface area is 157 Å². The molecule has 0 saturated heterocycles. The summed E-state index contributed by atoms with van der Waals surface area (Å²) < 4.78 is 5.20. The summed E-state index contributed by atoms with van der Waals surface area (Å²) >= 11 is 1.51. The van der Waals surface area contributed by atoms with E-state index in [4.69, 9.17) is 4.52 Å². The van der Waals surface area contributed by atoms with E-state index in [0.29, 0.717) is 16.3 Å². The van der Waals surface area contributed by atoms with Crippen molar-refractivity contribution in [3.8, 4) is 0 Å². The number of hydrogen-bond donors (Lipinski definition) is 1. The number of nitrogens with one attached hydrogen (secondary N) is 1. The molecule has 3 rings (SSSR count). The minimum atomic E-state index is -0.159. The van der Waals surface area contributed by atoms with E-state index < -0.39 is 0 Å². The van der Waals surface area contributed by atoms with Crippen molar-refractivity contribution in [3.63, 3.8) is 0 Å². The highest BCUT2D eigenvalue weighted by Crippen LogP contribution is 2.28. The van der Waals surface area contributed by atoms with Crippen molar-refractivity contribution in [2.45, 2.75) is 38.5 Å². The van der Waals surface area contributed by atoms with Crippen molar-refractivity contribution < 1.29 is 9.32 Å². The number of thioether (sulfide) groups is 1. The van der Waals surface area contributed by atoms with Crippen molar-refractivity contribution >= 4 is 23.4 Å². The van der Waals surface area contributed by atoms with Crippen LogP contribution in [-0.4, -0.2) is 16.0 Å². The van der Waals surface area contributed by atoms with Crippen LogP contribution in [-0.2, 0) is 5.75 Å². The molecule has 6 heteroatoms. The van der Waals surface area contributed by atoms with Gasteiger partial charge in [0.2, 0.25) is 0 Å². The lowest BCUT2D eigenvalue weighted by molar-refractivity contribution is 0.102. The first kappa shape index (κ1) is 18.2. The Hall–Kier alpha value is -2.60. The molecule has 1 amide bonds. The van der Waals surface area contributed by atoms with Crippen molar-refractivity contribution in [2.75, 3.05) is 5.32 Å². The predicted molar refractivity (Wildman–Crippen MR) is 104 cm³/mol. The quantitative estimate of drug-likeness (QED) is 0.653. The number of carbonyl (C=O) groups excluding carboxylic acids is 1. The van der Waals surface area contributed by atoms with Gasteiger partial charge in [-0.3, -0.25) is 4.79 Å². The molecule has 5 nitrogen and oxygen atoms in total. The predicted octanol–water partition coefficient (Wildman–Crippen LogP) is 4.85. The van der Waals surface area contributed by atoms with E-state index in [-0.39, 0.29) is 5.91 Å². The molecule has 0 aliphatic heterocycles. The number of anilines is 1. The van der Waals surface area contributed by atoms with Gasteiger partial charge in [0.15, 0.2) is 0 Å². The molecule has 1 aromatic carbocycles. The Morgan fingerprint density at radius 3 is 2.69 bits per heavy atom. The number of carbonyl (C=O) groups is 1. The molecule has 3 aromatic rings. The van der Waals surface area contributed by atoms with Gasteiger partial charge in [0.25, 0.3) is 5.91 Å². The van der Waals surface area contributed by atoms with Gasteiger partial charge >= 0.3 is 0 Å². The smallest absolute Gasteiger partial charge is 0.258 e. The lowest BCUT2D eigenvalue weighted by Gasteiger charge is -2.12. The number of nitrogens with zero attached hydrogens (tertiary/aromatic N) is 2. The maximum atomic E-state index is 12.8. The van der Waals surface area contributed by atoms with Crippen LogP contribution in [0.1, 0.15) is 38.5 Å². The standard InChI is InChI=1S/C20H21N3O2S/c1-12-7-5-9-18(13(12)2)22-19(24)16-8-6-10-21-20(16)26-11-17-14(3)23-25-15(17)4/h5-10H,11H2,1-4H3,(H,22,24). The second kappa shape index (κ2) is 7.74. The van der Waals surface area contributed by atoms with Crippen LogP contribution >= 0.6 is 11.8 Å². The highest BCUT2D eigenvalue weighted by atomic mass is 32.2. The summed E-state index contributed by atoms with van der Waals surface area (Å²) in [7, 11) is 0. The van der Waals surface area contributed by atoms with Crippen molar-refractivity contribution in [1.82, 2.24) is 10.1 Å². The molecule has 26 heavy (non-hydrogen) atoms. The maximum Gasteiger partial charge on any atom is 0.258 e. The molecule has 0 radical (unpaired) electrons. The number of benzene rings is 1. The monoisotopic (exact) mass is 367 g/mol. The van der Waals surface area contributed by atoms with E-state index in [1.807, 2.05) is 45.9 Å². The van der Waals surface area contributed by atoms with Gasteiger partial charge in [0.05, 0.1) is 11.3 Å². The van der Waals surface area contributed by atoms with E-state index in [1.54, 1.807) is 18.3 Å². The number of rotatable bonds is 5. The van der Waals surface area contributed by atoms with Crippen LogP contribution in [0.2, 0.25) is 0 Å². The second-order valence-electron chi connectivity index (χ2n) is 6.15. The fraction of sp³-hybridized carbons (Fsp3) is 0.250. The Morgan fingerprint density at radius 2 is 1.96 bits per heavy atom. The minimum absolute atomic E-state index is 0.159. The fourth-order valence-corrected chi connectivity index (χ4v) is 3.75. The third-order valence-corrected chi connectivity index (χ3v) is 5.43. The molecule has 0 aliphatic rings. The topological polar surface area (TPSA) is 68.0 Å². The highest BCUT2D eigenvalue weighted by molar-refractivity contribution is 7.98. The lowest BCUT2D eigenvalue weighted by atomic mass is 10.1. The molecular formula is C20H21N3O2S. The maximum absolute atomic E-state index is 12.8. The van der Waals surface area contributed by atoms with E-state index in [9.17, 15) is 4.79 Å². The van der Waals surface area contributed by atoms with Gasteiger partial charge < -0.3 is 9.84 Å². The van der Waals surface area contributed by atoms with E-state index in [0.717, 1.165) is 33.8 Å². The molecule has 0 unspecified atom stereocenters. The number of amides is 1. The Balaban J connectivity index is 1.80. The molecule has 2 aromatic heterocycles. The highest BCUT2D eigenvalue weighted by Gasteiger charge is 2.16. The van der Waals surface area contributed by atoms with Gasteiger partial charge in [0.1, 0.15) is 10.8 Å². The normalized spacial score (nSPS) is 10.8. The molecule has 0 saturated carbocycles. The van der Waals surface area contributed by atoms with Gasteiger partial charge in [-0.15, -0.1) is 11.8 Å². The van der Waals surface area contributed by atoms with Crippen molar-refractivity contribution in [1.29, 1.82) is 0 Å². The molecule has 1 N–H and O–H groups in total. The summed E-state index contributed by atoms with van der Waals surface area (Å²) in [4.78, 5) is 17.2. The summed E-state index contributed by atoms with van der Waals surface area (Å²) in [5, 5.41) is 7.66. The third kappa shape index (κ3) is 3.80. The summed E-state index contributed by atoms with van der Waals surface area (Å²) in [5.41, 5.74) is 5.50. The minimum Gasteiger partial charge on any atom is -0.361 e. The van der Waals surface area contributed by atoms with Crippen LogP contribution in [0, 0.1) is 27.7 Å². The first-order valence-electron chi connectivity index (χ1n) is 8.34. The zero-order valence-electron chi connectivity index (χ0n) is 15.3. The third-order valence-electron chi connectivity index (χ3n) is 4.40. The molecule has 134 valence electrons. The first-order valence-corrected chi connectivity index (χ1v) is 9.33. The number of hydrogen-bond acceptors (Lipinski definition) is 5. The number of pyridine rings is 1. The van der Waals surface area contributed by atoms with Crippen LogP contribution < -0.4 is 5.32 Å². The average molecular weight is 367 g/mol. The zero-order valence-corrected chi connectivity index (χ0v) is 16.1. The lowest BCUT2D eigenvalue weighted by Crippen LogP contribution is -2.14. The Morgan fingerprint density at radius 1 is 1.15 bits per heavy atom. The number of aryl methyl sites for hydroxylation is 3. The van der Waals surface area contributed by atoms with Crippen LogP contribution in [0.4, 0.5) is 5.69 Å². The van der Waals surface area contributed by atoms with Crippen molar-refractivity contribution in [2.24, 2.45) is 0 Å². The number of aromatic nitrogens is 2. The van der Waals surface area contributed by atoms with E-state index in [1.165, 1.54) is 11.8 Å². The zero-order chi connectivity index (χ0) is 18.7. The fourth-order valence-electron chi connectivity index (χ4n) is 2.60. The summed E-state index contributed by atoms with van der Waals surface area (Å²) in [6, 6.07) is 9.45. The van der Waals surface area contributed by atoms with Crippen LogP contribution in [0.25, 0.3) is 0 Å². The molecule has 0 fully saturated rings. The molecule has 0 bridgehead atoms. The summed E-state index contributed by atoms with van der Waals surface area (Å²) in [6.07, 6.45) is 1.70. The first-order chi connectivity index (χ1) is 12.5. The Kier molecular flexibility index (Phi) is 5.42. The molecule has 0 aliphatic carbocycles. The molecule has 0 atom stereocenters. The summed E-state index contributed by atoms with van der Waals surface area (Å²) in [5.74, 6) is 1.29. The second-order valence-corrected chi connectivity index (χ2v) is 7.11. The molecule has 2 heterocycles. The van der Waals surface area contributed by atoms with Crippen LogP contribution in [0.15, 0.2) is 46.1 Å². The van der Waals surface area contributed by atoms with Gasteiger partial charge in [0, 0.05) is 23.2 Å². The van der Waals surface area contributed by atoms with Gasteiger partial charge in [-0.2, -0.15) is 0 Å². The molecular weight excluding hydrogens is 346 g/mol. The van der Waals surface area contributed by atoms with Gasteiger partial charge in [-0.05, 0) is 57.0 Å².